The fourth-order valence-electron chi connectivity index (χ4n) is 3.79. The normalized spacial score (nSPS) is 24.2. The van der Waals surface area contributed by atoms with E-state index in [9.17, 15) is 4.79 Å². The van der Waals surface area contributed by atoms with Gasteiger partial charge in [0.2, 0.25) is 5.91 Å². The number of hydrogen-bond acceptors (Lipinski definition) is 3. The third-order valence-corrected chi connectivity index (χ3v) is 5.38. The summed E-state index contributed by atoms with van der Waals surface area (Å²) in [7, 11) is 0. The van der Waals surface area contributed by atoms with Gasteiger partial charge in [-0.1, -0.05) is 30.3 Å². The van der Waals surface area contributed by atoms with Gasteiger partial charge in [-0.25, -0.2) is 0 Å². The Kier molecular flexibility index (Phi) is 5.45. The van der Waals surface area contributed by atoms with Crippen LogP contribution in [0.15, 0.2) is 48.8 Å². The van der Waals surface area contributed by atoms with Gasteiger partial charge in [0.1, 0.15) is 5.54 Å². The number of amides is 1. The Labute approximate surface area is 154 Å². The van der Waals surface area contributed by atoms with Gasteiger partial charge in [-0.2, -0.15) is 5.10 Å². The molecule has 0 bridgehead atoms. The van der Waals surface area contributed by atoms with Crippen molar-refractivity contribution in [1.29, 1.82) is 0 Å². The van der Waals surface area contributed by atoms with E-state index in [1.807, 2.05) is 23.0 Å². The molecule has 1 aliphatic heterocycles. The van der Waals surface area contributed by atoms with E-state index in [-0.39, 0.29) is 18.3 Å². The number of nitrogens with zero attached hydrogens (tertiary/aromatic N) is 2. The lowest BCUT2D eigenvalue weighted by atomic mass is 9.87. The summed E-state index contributed by atoms with van der Waals surface area (Å²) in [5.74, 6) is 0.695. The number of halogens is 1. The standard InChI is InChI=1S/C19H24N4O.ClH/c24-18(19(7-10-20-11-8-19)23-12-4-9-21-23)22-17-14-16(17)13-15-5-2-1-3-6-15;/h1-6,9,12,16-17,20H,7-8,10-11,13-14H2,(H,22,24);1H. The molecule has 6 heteroatoms. The summed E-state index contributed by atoms with van der Waals surface area (Å²) in [6.07, 6.45) is 7.37. The maximum Gasteiger partial charge on any atom is 0.248 e. The highest BCUT2D eigenvalue weighted by molar-refractivity contribution is 5.85. The Morgan fingerprint density at radius 3 is 2.68 bits per heavy atom. The van der Waals surface area contributed by atoms with Crippen molar-refractivity contribution in [1.82, 2.24) is 20.4 Å². The minimum Gasteiger partial charge on any atom is -0.351 e. The Morgan fingerprint density at radius 2 is 2.00 bits per heavy atom. The van der Waals surface area contributed by atoms with Crippen molar-refractivity contribution in [3.63, 3.8) is 0 Å². The van der Waals surface area contributed by atoms with Crippen LogP contribution in [0.4, 0.5) is 0 Å². The molecule has 2 atom stereocenters. The number of rotatable bonds is 5. The second-order valence-electron chi connectivity index (χ2n) is 7.00. The molecule has 2 unspecified atom stereocenters. The summed E-state index contributed by atoms with van der Waals surface area (Å²) < 4.78 is 1.86. The number of piperidine rings is 1. The van der Waals surface area contributed by atoms with Gasteiger partial charge in [0.15, 0.2) is 0 Å². The second kappa shape index (κ2) is 7.58. The van der Waals surface area contributed by atoms with Crippen molar-refractivity contribution in [2.24, 2.45) is 5.92 Å². The van der Waals surface area contributed by atoms with E-state index >= 15 is 0 Å². The van der Waals surface area contributed by atoms with E-state index in [1.54, 1.807) is 6.20 Å². The Bertz CT molecular complexity index is 683. The highest BCUT2D eigenvalue weighted by atomic mass is 35.5. The molecule has 1 aromatic carbocycles. The first-order valence-corrected chi connectivity index (χ1v) is 8.84. The van der Waals surface area contributed by atoms with Gasteiger partial charge in [-0.05, 0) is 56.3 Å². The lowest BCUT2D eigenvalue weighted by molar-refractivity contribution is -0.132. The quantitative estimate of drug-likeness (QED) is 0.858. The zero-order chi connectivity index (χ0) is 16.4. The highest BCUT2D eigenvalue weighted by Crippen LogP contribution is 2.36. The SMILES string of the molecule is Cl.O=C(NC1CC1Cc1ccccc1)C1(n2cccn2)CCNCC1. The minimum atomic E-state index is -0.533. The molecule has 2 aliphatic rings. The summed E-state index contributed by atoms with van der Waals surface area (Å²) in [5.41, 5.74) is 0.817. The first kappa shape index (κ1) is 18.0. The number of aromatic nitrogens is 2. The molecule has 1 amide bonds. The zero-order valence-corrected chi connectivity index (χ0v) is 15.0. The van der Waals surface area contributed by atoms with Gasteiger partial charge >= 0.3 is 0 Å². The Hall–Kier alpha value is -1.85. The van der Waals surface area contributed by atoms with Crippen LogP contribution >= 0.6 is 12.4 Å². The van der Waals surface area contributed by atoms with Gasteiger partial charge in [-0.3, -0.25) is 9.48 Å². The molecule has 25 heavy (non-hydrogen) atoms. The molecule has 0 radical (unpaired) electrons. The van der Waals surface area contributed by atoms with Gasteiger partial charge in [0.05, 0.1) is 0 Å². The predicted octanol–water partition coefficient (Wildman–Crippen LogP) is 2.13. The summed E-state index contributed by atoms with van der Waals surface area (Å²) in [6.45, 7) is 1.71. The fraction of sp³-hybridized carbons (Fsp3) is 0.474. The summed E-state index contributed by atoms with van der Waals surface area (Å²) in [4.78, 5) is 13.1. The third kappa shape index (κ3) is 3.72. The third-order valence-electron chi connectivity index (χ3n) is 5.38. The fourth-order valence-corrected chi connectivity index (χ4v) is 3.79. The Morgan fingerprint density at radius 1 is 1.24 bits per heavy atom. The maximum atomic E-state index is 13.1. The molecule has 4 rings (SSSR count). The van der Waals surface area contributed by atoms with Crippen LogP contribution in [0.1, 0.15) is 24.8 Å². The maximum absolute atomic E-state index is 13.1. The molecule has 1 saturated carbocycles. The topological polar surface area (TPSA) is 59.0 Å². The molecule has 5 nitrogen and oxygen atoms in total. The average Bonchev–Trinajstić information content (AvgIpc) is 3.12. The van der Waals surface area contributed by atoms with Crippen LogP contribution in [0.5, 0.6) is 0 Å². The van der Waals surface area contributed by atoms with E-state index in [4.69, 9.17) is 0 Å². The summed E-state index contributed by atoms with van der Waals surface area (Å²) >= 11 is 0. The lowest BCUT2D eigenvalue weighted by Crippen LogP contribution is -2.55. The second-order valence-corrected chi connectivity index (χ2v) is 7.00. The molecule has 1 aromatic heterocycles. The van der Waals surface area contributed by atoms with E-state index in [0.717, 1.165) is 38.8 Å². The molecule has 0 spiro atoms. The molecule has 2 N–H and O–H groups in total. The van der Waals surface area contributed by atoms with Crippen molar-refractivity contribution in [3.8, 4) is 0 Å². The summed E-state index contributed by atoms with van der Waals surface area (Å²) in [6, 6.07) is 12.7. The molecule has 1 saturated heterocycles. The van der Waals surface area contributed by atoms with Crippen LogP contribution in [0.3, 0.4) is 0 Å². The van der Waals surface area contributed by atoms with Crippen LogP contribution in [0, 0.1) is 5.92 Å². The number of carbonyl (C=O) groups is 1. The molecule has 134 valence electrons. The molecule has 2 heterocycles. The average molecular weight is 361 g/mol. The minimum absolute atomic E-state index is 0. The van der Waals surface area contributed by atoms with Crippen LogP contribution in [-0.2, 0) is 16.8 Å². The van der Waals surface area contributed by atoms with Gasteiger partial charge in [0.25, 0.3) is 0 Å². The molecular weight excluding hydrogens is 336 g/mol. The van der Waals surface area contributed by atoms with Crippen LogP contribution < -0.4 is 10.6 Å². The monoisotopic (exact) mass is 360 g/mol. The van der Waals surface area contributed by atoms with Crippen LogP contribution in [-0.4, -0.2) is 34.8 Å². The van der Waals surface area contributed by atoms with Gasteiger partial charge in [0, 0.05) is 18.4 Å². The first-order valence-electron chi connectivity index (χ1n) is 8.84. The van der Waals surface area contributed by atoms with Crippen LogP contribution in [0.25, 0.3) is 0 Å². The Balaban J connectivity index is 0.00000182. The van der Waals surface area contributed by atoms with Crippen molar-refractivity contribution >= 4 is 18.3 Å². The molecule has 2 aromatic rings. The van der Waals surface area contributed by atoms with Crippen molar-refractivity contribution < 1.29 is 4.79 Å². The molecule has 2 fully saturated rings. The van der Waals surface area contributed by atoms with Crippen molar-refractivity contribution in [2.75, 3.05) is 13.1 Å². The summed E-state index contributed by atoms with van der Waals surface area (Å²) in [5, 5.41) is 11.0. The highest BCUT2D eigenvalue weighted by Gasteiger charge is 2.46. The zero-order valence-electron chi connectivity index (χ0n) is 14.2. The van der Waals surface area contributed by atoms with E-state index in [0.29, 0.717) is 12.0 Å². The number of nitrogens with one attached hydrogen (secondary N) is 2. The predicted molar refractivity (Wildman–Crippen MR) is 99.7 cm³/mol. The molecular formula is C19H25ClN4O. The number of carbonyl (C=O) groups excluding carboxylic acids is 1. The first-order chi connectivity index (χ1) is 11.8. The van der Waals surface area contributed by atoms with Crippen molar-refractivity contribution in [2.45, 2.75) is 37.3 Å². The largest absolute Gasteiger partial charge is 0.351 e. The molecule has 1 aliphatic carbocycles. The van der Waals surface area contributed by atoms with Crippen LogP contribution in [0.2, 0.25) is 0 Å². The van der Waals surface area contributed by atoms with E-state index in [2.05, 4.69) is 40.0 Å². The number of benzene rings is 1. The van der Waals surface area contributed by atoms with E-state index < -0.39 is 5.54 Å². The van der Waals surface area contributed by atoms with E-state index in [1.165, 1.54) is 5.56 Å². The lowest BCUT2D eigenvalue weighted by Gasteiger charge is -2.36. The smallest absolute Gasteiger partial charge is 0.248 e. The van der Waals surface area contributed by atoms with Gasteiger partial charge < -0.3 is 10.6 Å². The number of hydrogen-bond donors (Lipinski definition) is 2. The van der Waals surface area contributed by atoms with Crippen molar-refractivity contribution in [3.05, 3.63) is 54.4 Å². The van der Waals surface area contributed by atoms with Gasteiger partial charge in [-0.15, -0.1) is 12.4 Å².